The van der Waals surface area contributed by atoms with Crippen LogP contribution in [0.25, 0.3) is 0 Å². The molecule has 2 heterocycles. The fourth-order valence-electron chi connectivity index (χ4n) is 5.12. The van der Waals surface area contributed by atoms with E-state index in [1.807, 2.05) is 0 Å². The standard InChI is InChI=1S/C49H36B2O9/c1-13-14-15-16-17-18-19-20-21-22-23-24-25-26-27-28-29-30-31-32-33-34-35-36-37-38-39-40-41-43(53)55-45(5,6)49(12)47(9,10)57-51(59-49)60-50-56-46(7,8)48(11,58-50)44(3,4)54-42(2)52/h1,36-37H,2-12H3. The van der Waals surface area contributed by atoms with E-state index in [2.05, 4.69) is 160 Å². The van der Waals surface area contributed by atoms with Crippen molar-refractivity contribution in [1.29, 1.82) is 0 Å². The Balaban J connectivity index is 1.88. The molecule has 60 heavy (non-hydrogen) atoms. The molecule has 9 nitrogen and oxygen atoms in total. The second-order valence-electron chi connectivity index (χ2n) is 14.0. The van der Waals surface area contributed by atoms with Gasteiger partial charge in [0, 0.05) is 48.4 Å². The van der Waals surface area contributed by atoms with Crippen molar-refractivity contribution in [2.24, 2.45) is 0 Å². The fraction of sp³-hybridized carbons (Fsp3) is 0.347. The molecule has 2 unspecified atom stereocenters. The van der Waals surface area contributed by atoms with E-state index in [1.165, 1.54) is 19.1 Å². The highest BCUT2D eigenvalue weighted by Gasteiger charge is 2.68. The van der Waals surface area contributed by atoms with Crippen molar-refractivity contribution < 1.29 is 42.3 Å². The molecule has 292 valence electrons. The molecule has 0 radical (unpaired) electrons. The van der Waals surface area contributed by atoms with Crippen LogP contribution in [0.5, 0.6) is 0 Å². The Hall–Kier alpha value is -7.55. The summed E-state index contributed by atoms with van der Waals surface area (Å²) in [6.07, 6.45) is 7.85. The number of carbonyl (C=O) groups excluding carboxylic acids is 2. The van der Waals surface area contributed by atoms with E-state index in [1.54, 1.807) is 69.2 Å². The predicted molar refractivity (Wildman–Crippen MR) is 227 cm³/mol. The van der Waals surface area contributed by atoms with Crippen molar-refractivity contribution in [3.05, 3.63) is 12.2 Å². The number of hydrogen-bond acceptors (Lipinski definition) is 9. The SMILES string of the molecule is C#CC#CC#CC#CC#CC#CC#CC#CC#CC#CC#CC#CC=CC#CC#CC(=O)OC(C)(C)C1(C)OB(OB2OC(C)(C)C(C)(C(C)(C)OC(C)=O)O2)OC1(C)C. The molecule has 2 aliphatic heterocycles. The summed E-state index contributed by atoms with van der Waals surface area (Å²) in [6, 6.07) is 0. The molecule has 0 saturated carbocycles. The van der Waals surface area contributed by atoms with Crippen molar-refractivity contribution in [1.82, 2.24) is 0 Å². The summed E-state index contributed by atoms with van der Waals surface area (Å²) in [4.78, 5) is 24.5. The first kappa shape index (κ1) is 48.6. The third-order valence-corrected chi connectivity index (χ3v) is 8.95. The molecule has 0 N–H and O–H groups in total. The number of carbonyl (C=O) groups is 2. The van der Waals surface area contributed by atoms with E-state index >= 15 is 0 Å². The smallest absolute Gasteiger partial charge is 0.457 e. The number of rotatable bonds is 6. The zero-order valence-electron chi connectivity index (χ0n) is 35.1. The molecule has 0 aromatic rings. The Labute approximate surface area is 356 Å². The van der Waals surface area contributed by atoms with Gasteiger partial charge in [-0.2, -0.15) is 0 Å². The quantitative estimate of drug-likeness (QED) is 0.174. The van der Waals surface area contributed by atoms with Crippen LogP contribution in [0.4, 0.5) is 0 Å². The van der Waals surface area contributed by atoms with E-state index in [4.69, 9.17) is 39.1 Å². The lowest BCUT2D eigenvalue weighted by atomic mass is 9.75. The Morgan fingerprint density at radius 3 is 1.17 bits per heavy atom. The van der Waals surface area contributed by atoms with Crippen molar-refractivity contribution in [2.75, 3.05) is 0 Å². The van der Waals surface area contributed by atoms with Crippen LogP contribution in [-0.4, -0.2) is 60.2 Å². The normalized spacial score (nSPS) is 18.0. The number of esters is 2. The Morgan fingerprint density at radius 1 is 0.500 bits per heavy atom. The second-order valence-corrected chi connectivity index (χ2v) is 14.0. The molecule has 0 aromatic heterocycles. The lowest BCUT2D eigenvalue weighted by Gasteiger charge is -2.46. The fourth-order valence-corrected chi connectivity index (χ4v) is 5.12. The van der Waals surface area contributed by atoms with E-state index in [0.717, 1.165) is 0 Å². The summed E-state index contributed by atoms with van der Waals surface area (Å²) in [6.45, 7) is 18.8. The van der Waals surface area contributed by atoms with E-state index in [-0.39, 0.29) is 0 Å². The molecule has 2 aliphatic rings. The molecule has 2 rings (SSSR count). The van der Waals surface area contributed by atoms with Crippen LogP contribution < -0.4 is 0 Å². The van der Waals surface area contributed by atoms with Gasteiger partial charge in [0.15, 0.2) is 0 Å². The zero-order chi connectivity index (χ0) is 44.8. The molecule has 2 fully saturated rings. The van der Waals surface area contributed by atoms with Crippen LogP contribution in [0.2, 0.25) is 0 Å². The monoisotopic (exact) mass is 790 g/mol. The molecular formula is C49H36B2O9. The highest BCUT2D eigenvalue weighted by atomic mass is 16.9. The molecule has 0 amide bonds. The Kier molecular flexibility index (Phi) is 18.1. The van der Waals surface area contributed by atoms with Gasteiger partial charge in [0.05, 0.1) is 11.2 Å². The third-order valence-electron chi connectivity index (χ3n) is 8.95. The number of hydrogen-bond donors (Lipinski definition) is 0. The summed E-state index contributed by atoms with van der Waals surface area (Å²) >= 11 is 0. The maximum Gasteiger partial charge on any atom is 0.628 e. The molecule has 2 saturated heterocycles. The minimum absolute atomic E-state index is 0.467. The Morgan fingerprint density at radius 2 is 0.817 bits per heavy atom. The average molecular weight is 790 g/mol. The van der Waals surface area contributed by atoms with Crippen molar-refractivity contribution in [2.45, 2.75) is 110 Å². The van der Waals surface area contributed by atoms with Gasteiger partial charge in [0.25, 0.3) is 0 Å². The van der Waals surface area contributed by atoms with E-state index in [0.29, 0.717) is 0 Å². The van der Waals surface area contributed by atoms with Crippen LogP contribution in [-0.2, 0) is 42.3 Å². The molecule has 2 atom stereocenters. The van der Waals surface area contributed by atoms with Gasteiger partial charge < -0.3 is 32.7 Å². The van der Waals surface area contributed by atoms with Gasteiger partial charge in [-0.15, -0.1) is 6.42 Å². The van der Waals surface area contributed by atoms with Crippen molar-refractivity contribution >= 4 is 26.6 Å². The average Bonchev–Trinajstić information content (AvgIpc) is 3.53. The second kappa shape index (κ2) is 22.4. The summed E-state index contributed by atoms with van der Waals surface area (Å²) in [5, 5.41) is 0. The van der Waals surface area contributed by atoms with Gasteiger partial charge in [-0.3, -0.25) is 4.79 Å². The van der Waals surface area contributed by atoms with E-state index < -0.39 is 60.2 Å². The number of ether oxygens (including phenoxy) is 2. The lowest BCUT2D eigenvalue weighted by molar-refractivity contribution is -0.190. The maximum atomic E-state index is 12.7. The van der Waals surface area contributed by atoms with Crippen LogP contribution in [0.15, 0.2) is 12.2 Å². The summed E-state index contributed by atoms with van der Waals surface area (Å²) in [5.74, 6) is 65.7. The first-order valence-corrected chi connectivity index (χ1v) is 17.7. The first-order valence-electron chi connectivity index (χ1n) is 17.7. The molecule has 0 aromatic carbocycles. The van der Waals surface area contributed by atoms with Gasteiger partial charge in [-0.1, -0.05) is 11.8 Å². The summed E-state index contributed by atoms with van der Waals surface area (Å²) in [5.41, 5.74) is -6.68. The zero-order valence-corrected chi connectivity index (χ0v) is 35.1. The van der Waals surface area contributed by atoms with Gasteiger partial charge >= 0.3 is 26.6 Å². The van der Waals surface area contributed by atoms with Crippen molar-refractivity contribution in [3.8, 4) is 166 Å². The molecule has 0 spiro atoms. The molecule has 0 aliphatic carbocycles. The largest absolute Gasteiger partial charge is 0.628 e. The number of allylic oxidation sites excluding steroid dienone is 2. The molecule has 11 heteroatoms. The van der Waals surface area contributed by atoms with E-state index in [9.17, 15) is 9.59 Å². The van der Waals surface area contributed by atoms with Gasteiger partial charge in [0.1, 0.15) is 22.4 Å². The Bertz CT molecular complexity index is 2680. The van der Waals surface area contributed by atoms with Gasteiger partial charge in [-0.25, -0.2) is 4.79 Å². The van der Waals surface area contributed by atoms with Crippen LogP contribution >= 0.6 is 0 Å². The maximum absolute atomic E-state index is 12.7. The van der Waals surface area contributed by atoms with Gasteiger partial charge in [0.2, 0.25) is 0 Å². The van der Waals surface area contributed by atoms with Gasteiger partial charge in [-0.05, 0) is 188 Å². The third kappa shape index (κ3) is 14.4. The van der Waals surface area contributed by atoms with Crippen molar-refractivity contribution in [3.63, 3.8) is 0 Å². The number of terminal acetylenes is 1. The molecular weight excluding hydrogens is 754 g/mol. The first-order chi connectivity index (χ1) is 28.2. The lowest BCUT2D eigenvalue weighted by Crippen LogP contribution is -2.61. The van der Waals surface area contributed by atoms with Crippen LogP contribution in [0.1, 0.15) is 76.2 Å². The minimum Gasteiger partial charge on any atom is -0.457 e. The summed E-state index contributed by atoms with van der Waals surface area (Å²) in [7, 11) is -2.51. The van der Waals surface area contributed by atoms with Crippen LogP contribution in [0.3, 0.4) is 0 Å². The highest BCUT2D eigenvalue weighted by Crippen LogP contribution is 2.49. The predicted octanol–water partition coefficient (Wildman–Crippen LogP) is 3.04. The van der Waals surface area contributed by atoms with Crippen LogP contribution in [0, 0.1) is 166 Å². The topological polar surface area (TPSA) is 98.8 Å². The molecule has 0 bridgehead atoms. The highest BCUT2D eigenvalue weighted by molar-refractivity contribution is 6.53. The summed E-state index contributed by atoms with van der Waals surface area (Å²) < 4.78 is 41.8. The minimum atomic E-state index is -1.27.